The fraction of sp³-hybridized carbons (Fsp3) is 1.00. The van der Waals surface area contributed by atoms with Crippen LogP contribution in [0.4, 0.5) is 0 Å². The number of fused-ring (bicyclic) bond motifs is 2. The van der Waals surface area contributed by atoms with Gasteiger partial charge in [0.05, 0.1) is 0 Å². The highest BCUT2D eigenvalue weighted by molar-refractivity contribution is 5.01. The van der Waals surface area contributed by atoms with E-state index in [1.54, 1.807) is 0 Å². The van der Waals surface area contributed by atoms with Crippen LogP contribution in [0.3, 0.4) is 0 Å². The molecule has 88 valence electrons. The van der Waals surface area contributed by atoms with Crippen molar-refractivity contribution in [3.8, 4) is 0 Å². The molecule has 2 aliphatic rings. The monoisotopic (exact) mass is 208 g/mol. The van der Waals surface area contributed by atoms with E-state index in [0.29, 0.717) is 5.41 Å². The average Bonchev–Trinajstić information content (AvgIpc) is 2.46. The van der Waals surface area contributed by atoms with E-state index in [2.05, 4.69) is 34.6 Å². The third kappa shape index (κ3) is 1.74. The molecule has 0 saturated heterocycles. The highest BCUT2D eigenvalue weighted by atomic mass is 14.6. The van der Waals surface area contributed by atoms with Crippen molar-refractivity contribution in [3.05, 3.63) is 0 Å². The molecular weight excluding hydrogens is 180 g/mol. The van der Waals surface area contributed by atoms with Crippen molar-refractivity contribution in [1.29, 1.82) is 0 Å². The van der Waals surface area contributed by atoms with Gasteiger partial charge in [-0.05, 0) is 54.3 Å². The van der Waals surface area contributed by atoms with Crippen LogP contribution < -0.4 is 0 Å². The molecule has 2 bridgehead atoms. The molecule has 0 nitrogen and oxygen atoms in total. The van der Waals surface area contributed by atoms with Crippen LogP contribution in [-0.2, 0) is 0 Å². The Morgan fingerprint density at radius 1 is 1.27 bits per heavy atom. The van der Waals surface area contributed by atoms with E-state index in [1.807, 2.05) is 0 Å². The summed E-state index contributed by atoms with van der Waals surface area (Å²) in [4.78, 5) is 0. The first-order valence-electron chi connectivity index (χ1n) is 6.98. The fourth-order valence-corrected chi connectivity index (χ4v) is 4.51. The maximum absolute atomic E-state index is 2.54. The van der Waals surface area contributed by atoms with Gasteiger partial charge in [0, 0.05) is 0 Å². The zero-order chi connectivity index (χ0) is 11.2. The topological polar surface area (TPSA) is 0 Å². The van der Waals surface area contributed by atoms with Crippen molar-refractivity contribution in [2.45, 2.75) is 60.3 Å². The van der Waals surface area contributed by atoms with Crippen LogP contribution in [-0.4, -0.2) is 0 Å². The van der Waals surface area contributed by atoms with Gasteiger partial charge >= 0.3 is 0 Å². The Labute approximate surface area is 95.8 Å². The highest BCUT2D eigenvalue weighted by Crippen LogP contribution is 2.60. The minimum Gasteiger partial charge on any atom is -0.0651 e. The molecule has 0 heteroatoms. The molecule has 0 amide bonds. The number of hydrogen-bond donors (Lipinski definition) is 0. The van der Waals surface area contributed by atoms with Gasteiger partial charge in [-0.3, -0.25) is 0 Å². The smallest absolute Gasteiger partial charge is 0.0295 e. The Morgan fingerprint density at radius 2 is 1.93 bits per heavy atom. The van der Waals surface area contributed by atoms with Crippen LogP contribution in [0, 0.1) is 35.0 Å². The van der Waals surface area contributed by atoms with Crippen molar-refractivity contribution in [1.82, 2.24) is 0 Å². The summed E-state index contributed by atoms with van der Waals surface area (Å²) in [5.41, 5.74) is 0.689. The van der Waals surface area contributed by atoms with Crippen LogP contribution >= 0.6 is 0 Å². The Morgan fingerprint density at radius 3 is 2.53 bits per heavy atom. The van der Waals surface area contributed by atoms with Crippen LogP contribution in [0.5, 0.6) is 0 Å². The predicted octanol–water partition coefficient (Wildman–Crippen LogP) is 4.74. The molecule has 2 saturated carbocycles. The van der Waals surface area contributed by atoms with E-state index in [0.717, 1.165) is 29.6 Å². The van der Waals surface area contributed by atoms with Crippen molar-refractivity contribution in [2.75, 3.05) is 0 Å². The normalized spacial score (nSPS) is 51.8. The van der Waals surface area contributed by atoms with Crippen LogP contribution in [0.1, 0.15) is 60.3 Å². The van der Waals surface area contributed by atoms with Crippen LogP contribution in [0.2, 0.25) is 0 Å². The fourth-order valence-electron chi connectivity index (χ4n) is 4.51. The van der Waals surface area contributed by atoms with Gasteiger partial charge in [-0.1, -0.05) is 41.0 Å². The maximum Gasteiger partial charge on any atom is -0.0295 e. The largest absolute Gasteiger partial charge is 0.0651 e. The second kappa shape index (κ2) is 3.79. The molecule has 0 spiro atoms. The molecule has 6 unspecified atom stereocenters. The summed E-state index contributed by atoms with van der Waals surface area (Å²) < 4.78 is 0. The molecule has 0 heterocycles. The van der Waals surface area contributed by atoms with Crippen LogP contribution in [0.25, 0.3) is 0 Å². The van der Waals surface area contributed by atoms with E-state index in [1.165, 1.54) is 25.7 Å². The lowest BCUT2D eigenvalue weighted by Crippen LogP contribution is -2.34. The summed E-state index contributed by atoms with van der Waals surface area (Å²) in [5.74, 6) is 4.95. The van der Waals surface area contributed by atoms with E-state index >= 15 is 0 Å². The number of hydrogen-bond acceptors (Lipinski definition) is 0. The number of rotatable bonds is 2. The Balaban J connectivity index is 2.18. The van der Waals surface area contributed by atoms with Crippen molar-refractivity contribution < 1.29 is 0 Å². The lowest BCUT2D eigenvalue weighted by atomic mass is 9.63. The zero-order valence-electron chi connectivity index (χ0n) is 11.2. The Hall–Kier alpha value is 0. The lowest BCUT2D eigenvalue weighted by Gasteiger charge is -2.43. The standard InChI is InChI=1S/C15H28/c1-6-10(2)13-7-12(4)15(5)8-11(3)14(13)9-15/h10-14H,6-9H2,1-5H3. The predicted molar refractivity (Wildman–Crippen MR) is 66.7 cm³/mol. The summed E-state index contributed by atoms with van der Waals surface area (Å²) in [7, 11) is 0. The lowest BCUT2D eigenvalue weighted by molar-refractivity contribution is 0.0695. The van der Waals surface area contributed by atoms with Gasteiger partial charge in [-0.15, -0.1) is 0 Å². The van der Waals surface area contributed by atoms with Crippen molar-refractivity contribution in [2.24, 2.45) is 35.0 Å². The quantitative estimate of drug-likeness (QED) is 0.615. The molecule has 0 radical (unpaired) electrons. The third-order valence-corrected chi connectivity index (χ3v) is 5.96. The molecule has 0 aromatic carbocycles. The van der Waals surface area contributed by atoms with E-state index in [9.17, 15) is 0 Å². The summed E-state index contributed by atoms with van der Waals surface area (Å²) in [6, 6.07) is 0. The van der Waals surface area contributed by atoms with E-state index in [4.69, 9.17) is 0 Å². The zero-order valence-corrected chi connectivity index (χ0v) is 11.2. The molecular formula is C15H28. The molecule has 0 aromatic rings. The first-order valence-corrected chi connectivity index (χ1v) is 6.98. The molecule has 2 aliphatic carbocycles. The molecule has 0 aromatic heterocycles. The summed E-state index contributed by atoms with van der Waals surface area (Å²) in [6.07, 6.45) is 5.88. The molecule has 15 heavy (non-hydrogen) atoms. The van der Waals surface area contributed by atoms with Gasteiger partial charge in [-0.25, -0.2) is 0 Å². The Kier molecular flexibility index (Phi) is 2.90. The minimum absolute atomic E-state index is 0.689. The van der Waals surface area contributed by atoms with Gasteiger partial charge in [0.25, 0.3) is 0 Å². The maximum atomic E-state index is 2.54. The summed E-state index contributed by atoms with van der Waals surface area (Å²) in [6.45, 7) is 12.4. The molecule has 6 atom stereocenters. The van der Waals surface area contributed by atoms with Gasteiger partial charge in [0.1, 0.15) is 0 Å². The van der Waals surface area contributed by atoms with Gasteiger partial charge in [0.2, 0.25) is 0 Å². The molecule has 0 aliphatic heterocycles. The molecule has 2 fully saturated rings. The summed E-state index contributed by atoms with van der Waals surface area (Å²) >= 11 is 0. The van der Waals surface area contributed by atoms with E-state index in [-0.39, 0.29) is 0 Å². The van der Waals surface area contributed by atoms with Crippen LogP contribution in [0.15, 0.2) is 0 Å². The molecule has 2 rings (SSSR count). The molecule has 0 N–H and O–H groups in total. The van der Waals surface area contributed by atoms with Crippen molar-refractivity contribution >= 4 is 0 Å². The van der Waals surface area contributed by atoms with E-state index < -0.39 is 0 Å². The third-order valence-electron chi connectivity index (χ3n) is 5.96. The van der Waals surface area contributed by atoms with Gasteiger partial charge in [-0.2, -0.15) is 0 Å². The Bertz CT molecular complexity index is 232. The minimum atomic E-state index is 0.689. The van der Waals surface area contributed by atoms with Gasteiger partial charge in [0.15, 0.2) is 0 Å². The SMILES string of the molecule is CCC(C)C1CC(C)C2(C)CC(C)C1C2. The second-order valence-electron chi connectivity index (χ2n) is 6.89. The average molecular weight is 208 g/mol. The highest BCUT2D eigenvalue weighted by Gasteiger charge is 2.51. The summed E-state index contributed by atoms with van der Waals surface area (Å²) in [5, 5.41) is 0. The second-order valence-corrected chi connectivity index (χ2v) is 6.89. The first-order chi connectivity index (χ1) is 6.98. The van der Waals surface area contributed by atoms with Gasteiger partial charge < -0.3 is 0 Å². The van der Waals surface area contributed by atoms with Crippen molar-refractivity contribution in [3.63, 3.8) is 0 Å². The first kappa shape index (κ1) is 11.5.